The molecule has 0 atom stereocenters. The number of aryl methyl sites for hydroxylation is 1. The van der Waals surface area contributed by atoms with Gasteiger partial charge in [-0.3, -0.25) is 0 Å². The monoisotopic (exact) mass is 298 g/mol. The zero-order valence-corrected chi connectivity index (χ0v) is 11.2. The molecule has 0 heterocycles. The lowest BCUT2D eigenvalue weighted by atomic mass is 10.2. The van der Waals surface area contributed by atoms with Crippen molar-refractivity contribution in [3.05, 3.63) is 65.7 Å². The highest BCUT2D eigenvalue weighted by molar-refractivity contribution is 7.87. The fourth-order valence-electron chi connectivity index (χ4n) is 1.60. The third-order valence-electron chi connectivity index (χ3n) is 2.60. The Balaban J connectivity index is 2.02. The van der Waals surface area contributed by atoms with E-state index in [0.29, 0.717) is 6.07 Å². The minimum Gasteiger partial charge on any atom is -0.382 e. The van der Waals surface area contributed by atoms with Gasteiger partial charge in [-0.2, -0.15) is 8.42 Å². The van der Waals surface area contributed by atoms with Gasteiger partial charge >= 0.3 is 10.1 Å². The molecule has 2 rings (SSSR count). The molecule has 0 unspecified atom stereocenters. The molecule has 2 aromatic carbocycles. The minimum atomic E-state index is -3.85. The van der Waals surface area contributed by atoms with Crippen LogP contribution in [-0.2, 0) is 16.5 Å². The van der Waals surface area contributed by atoms with Crippen molar-refractivity contribution in [1.82, 2.24) is 0 Å². The first kappa shape index (κ1) is 14.5. The van der Waals surface area contributed by atoms with Crippen LogP contribution in [0.25, 0.3) is 0 Å². The molecule has 106 valence electrons. The van der Waals surface area contributed by atoms with E-state index >= 15 is 0 Å². The first-order valence-corrected chi connectivity index (χ1v) is 7.45. The normalized spacial score (nSPS) is 11.3. The molecule has 0 spiro atoms. The Morgan fingerprint density at radius 3 is 2.30 bits per heavy atom. The predicted molar refractivity (Wildman–Crippen MR) is 70.9 cm³/mol. The average Bonchev–Trinajstić information content (AvgIpc) is 2.42. The van der Waals surface area contributed by atoms with Gasteiger partial charge in [0.15, 0.2) is 11.6 Å². The minimum absolute atomic E-state index is 0.239. The molecule has 6 heteroatoms. The summed E-state index contributed by atoms with van der Waals surface area (Å²) < 4.78 is 53.9. The van der Waals surface area contributed by atoms with Crippen LogP contribution in [0.1, 0.15) is 5.56 Å². The molecule has 0 fully saturated rings. The van der Waals surface area contributed by atoms with Gasteiger partial charge in [0.1, 0.15) is 5.75 Å². The Morgan fingerprint density at radius 1 is 0.950 bits per heavy atom. The molecule has 20 heavy (non-hydrogen) atoms. The molecule has 0 amide bonds. The molecule has 0 aliphatic carbocycles. The van der Waals surface area contributed by atoms with Crippen LogP contribution in [-0.4, -0.2) is 14.2 Å². The Labute approximate surface area is 115 Å². The molecule has 0 aliphatic heterocycles. The lowest BCUT2D eigenvalue weighted by Gasteiger charge is -2.07. The number of halogens is 2. The van der Waals surface area contributed by atoms with Gasteiger partial charge in [0.2, 0.25) is 0 Å². The second-order valence-corrected chi connectivity index (χ2v) is 5.85. The summed E-state index contributed by atoms with van der Waals surface area (Å²) >= 11 is 0. The van der Waals surface area contributed by atoms with Crippen LogP contribution in [0, 0.1) is 11.6 Å². The molecular weight excluding hydrogens is 286 g/mol. The SMILES string of the molecule is O=S(=O)(CCc1ccccc1)Oc1ccc(F)c(F)c1. The number of hydrogen-bond donors (Lipinski definition) is 0. The molecule has 3 nitrogen and oxygen atoms in total. The summed E-state index contributed by atoms with van der Waals surface area (Å²) in [7, 11) is -3.85. The molecule has 0 saturated carbocycles. The van der Waals surface area contributed by atoms with E-state index in [2.05, 4.69) is 0 Å². The number of benzene rings is 2. The van der Waals surface area contributed by atoms with Crippen LogP contribution in [0.5, 0.6) is 5.75 Å². The highest BCUT2D eigenvalue weighted by atomic mass is 32.2. The van der Waals surface area contributed by atoms with Gasteiger partial charge in [0.25, 0.3) is 0 Å². The van der Waals surface area contributed by atoms with E-state index in [1.807, 2.05) is 6.07 Å². The Kier molecular flexibility index (Phi) is 4.34. The number of rotatable bonds is 5. The van der Waals surface area contributed by atoms with Crippen LogP contribution in [0.3, 0.4) is 0 Å². The van der Waals surface area contributed by atoms with E-state index in [0.717, 1.165) is 17.7 Å². The van der Waals surface area contributed by atoms with Gasteiger partial charge in [-0.05, 0) is 24.1 Å². The van der Waals surface area contributed by atoms with Crippen LogP contribution in [0.2, 0.25) is 0 Å². The molecule has 0 radical (unpaired) electrons. The van der Waals surface area contributed by atoms with E-state index in [9.17, 15) is 17.2 Å². The van der Waals surface area contributed by atoms with Crippen LogP contribution in [0.4, 0.5) is 8.78 Å². The van der Waals surface area contributed by atoms with Gasteiger partial charge in [0, 0.05) is 6.07 Å². The molecule has 2 aromatic rings. The third-order valence-corrected chi connectivity index (χ3v) is 3.75. The van der Waals surface area contributed by atoms with Crippen molar-refractivity contribution in [2.45, 2.75) is 6.42 Å². The predicted octanol–water partition coefficient (Wildman–Crippen LogP) is 2.92. The maximum absolute atomic E-state index is 13.0. The fraction of sp³-hybridized carbons (Fsp3) is 0.143. The van der Waals surface area contributed by atoms with Crippen molar-refractivity contribution >= 4 is 10.1 Å². The molecule has 0 aliphatic rings. The van der Waals surface area contributed by atoms with Crippen LogP contribution in [0.15, 0.2) is 48.5 Å². The van der Waals surface area contributed by atoms with Crippen molar-refractivity contribution in [1.29, 1.82) is 0 Å². The zero-order valence-electron chi connectivity index (χ0n) is 10.4. The van der Waals surface area contributed by atoms with E-state index in [4.69, 9.17) is 4.18 Å². The number of hydrogen-bond acceptors (Lipinski definition) is 3. The van der Waals surface area contributed by atoms with Crippen molar-refractivity contribution in [2.75, 3.05) is 5.75 Å². The van der Waals surface area contributed by atoms with Crippen molar-refractivity contribution < 1.29 is 21.4 Å². The van der Waals surface area contributed by atoms with Gasteiger partial charge in [-0.1, -0.05) is 30.3 Å². The van der Waals surface area contributed by atoms with E-state index in [1.165, 1.54) is 0 Å². The highest BCUT2D eigenvalue weighted by Crippen LogP contribution is 2.17. The van der Waals surface area contributed by atoms with Gasteiger partial charge in [-0.25, -0.2) is 8.78 Å². The lowest BCUT2D eigenvalue weighted by Crippen LogP contribution is -2.15. The fourth-order valence-corrected chi connectivity index (χ4v) is 2.57. The van der Waals surface area contributed by atoms with Crippen LogP contribution >= 0.6 is 0 Å². The Hall–Kier alpha value is -1.95. The topological polar surface area (TPSA) is 43.4 Å². The van der Waals surface area contributed by atoms with Crippen molar-refractivity contribution in [3.63, 3.8) is 0 Å². The second-order valence-electron chi connectivity index (χ2n) is 4.16. The quantitative estimate of drug-likeness (QED) is 0.797. The molecule has 0 saturated heterocycles. The maximum atomic E-state index is 13.0. The van der Waals surface area contributed by atoms with E-state index in [-0.39, 0.29) is 17.9 Å². The zero-order chi connectivity index (χ0) is 14.6. The van der Waals surface area contributed by atoms with Gasteiger partial charge in [0.05, 0.1) is 5.75 Å². The largest absolute Gasteiger partial charge is 0.382 e. The maximum Gasteiger partial charge on any atom is 0.309 e. The summed E-state index contributed by atoms with van der Waals surface area (Å²) in [6, 6.07) is 11.6. The van der Waals surface area contributed by atoms with Crippen molar-refractivity contribution in [2.24, 2.45) is 0 Å². The smallest absolute Gasteiger partial charge is 0.309 e. The molecular formula is C14H12F2O3S. The second kappa shape index (κ2) is 6.00. The van der Waals surface area contributed by atoms with E-state index < -0.39 is 21.8 Å². The molecule has 0 bridgehead atoms. The van der Waals surface area contributed by atoms with E-state index in [1.54, 1.807) is 24.3 Å². The van der Waals surface area contributed by atoms with Crippen LogP contribution < -0.4 is 4.18 Å². The summed E-state index contributed by atoms with van der Waals surface area (Å²) in [5, 5.41) is 0. The first-order valence-electron chi connectivity index (χ1n) is 5.87. The lowest BCUT2D eigenvalue weighted by molar-refractivity contribution is 0.472. The summed E-state index contributed by atoms with van der Waals surface area (Å²) in [6.45, 7) is 0. The Morgan fingerprint density at radius 2 is 1.65 bits per heavy atom. The molecule has 0 N–H and O–H groups in total. The summed E-state index contributed by atoms with van der Waals surface area (Å²) in [4.78, 5) is 0. The summed E-state index contributed by atoms with van der Waals surface area (Å²) in [5.74, 6) is -2.69. The highest BCUT2D eigenvalue weighted by Gasteiger charge is 2.14. The third kappa shape index (κ3) is 4.03. The summed E-state index contributed by atoms with van der Waals surface area (Å²) in [5.41, 5.74) is 0.852. The Bertz CT molecular complexity index is 685. The average molecular weight is 298 g/mol. The van der Waals surface area contributed by atoms with Gasteiger partial charge in [-0.15, -0.1) is 0 Å². The first-order chi connectivity index (χ1) is 9.46. The summed E-state index contributed by atoms with van der Waals surface area (Å²) in [6.07, 6.45) is 0.285. The standard InChI is InChI=1S/C14H12F2O3S/c15-13-7-6-12(10-14(13)16)19-20(17,18)9-8-11-4-2-1-3-5-11/h1-7,10H,8-9H2. The van der Waals surface area contributed by atoms with Crippen molar-refractivity contribution in [3.8, 4) is 5.75 Å². The van der Waals surface area contributed by atoms with Gasteiger partial charge < -0.3 is 4.18 Å². The molecule has 0 aromatic heterocycles.